The van der Waals surface area contributed by atoms with Crippen molar-refractivity contribution >= 4 is 5.91 Å². The minimum Gasteiger partial charge on any atom is -0.391 e. The summed E-state index contributed by atoms with van der Waals surface area (Å²) in [4.78, 5) is 11.2. The van der Waals surface area contributed by atoms with Crippen LogP contribution in [0.15, 0.2) is 0 Å². The number of carbonyl (C=O) groups excluding carboxylic acids is 1. The third-order valence-corrected chi connectivity index (χ3v) is 2.43. The molecule has 1 rings (SSSR count). The normalized spacial score (nSPS) is 29.6. The van der Waals surface area contributed by atoms with E-state index in [0.29, 0.717) is 18.9 Å². The van der Waals surface area contributed by atoms with Crippen LogP contribution in [0.1, 0.15) is 26.7 Å². The van der Waals surface area contributed by atoms with Gasteiger partial charge in [-0.05, 0) is 18.8 Å². The van der Waals surface area contributed by atoms with Gasteiger partial charge >= 0.3 is 0 Å². The molecule has 0 aromatic rings. The molecule has 0 aromatic carbocycles. The molecule has 1 saturated carbocycles. The highest BCUT2D eigenvalue weighted by molar-refractivity contribution is 5.81. The number of hydrogen-bond donors (Lipinski definition) is 2. The molecule has 12 heavy (non-hydrogen) atoms. The van der Waals surface area contributed by atoms with Gasteiger partial charge in [0.15, 0.2) is 0 Å². The fourth-order valence-electron chi connectivity index (χ4n) is 1.18. The van der Waals surface area contributed by atoms with E-state index in [9.17, 15) is 4.79 Å². The first-order valence-electron chi connectivity index (χ1n) is 4.61. The van der Waals surface area contributed by atoms with Crippen molar-refractivity contribution in [2.45, 2.75) is 32.8 Å². The monoisotopic (exact) mass is 171 g/mol. The molecule has 3 nitrogen and oxygen atoms in total. The first kappa shape index (κ1) is 9.52. The SMILES string of the molecule is CCC(O)CNC(=O)C1CC1C. The van der Waals surface area contributed by atoms with Crippen LogP contribution in [0.5, 0.6) is 0 Å². The highest BCUT2D eigenvalue weighted by atomic mass is 16.3. The zero-order valence-electron chi connectivity index (χ0n) is 7.71. The van der Waals surface area contributed by atoms with Crippen molar-refractivity contribution in [1.82, 2.24) is 5.32 Å². The Labute approximate surface area is 73.2 Å². The van der Waals surface area contributed by atoms with Crippen LogP contribution in [0, 0.1) is 11.8 Å². The first-order valence-corrected chi connectivity index (χ1v) is 4.61. The summed E-state index contributed by atoms with van der Waals surface area (Å²) in [6.45, 7) is 4.37. The number of amides is 1. The number of aliphatic hydroxyl groups excluding tert-OH is 1. The van der Waals surface area contributed by atoms with Crippen LogP contribution in [-0.2, 0) is 4.79 Å². The minimum absolute atomic E-state index is 0.106. The molecule has 3 heteroatoms. The Kier molecular flexibility index (Phi) is 3.09. The van der Waals surface area contributed by atoms with Crippen molar-refractivity contribution in [3.8, 4) is 0 Å². The first-order chi connectivity index (χ1) is 5.65. The fourth-order valence-corrected chi connectivity index (χ4v) is 1.18. The molecule has 0 aliphatic heterocycles. The number of hydrogen-bond acceptors (Lipinski definition) is 2. The van der Waals surface area contributed by atoms with Gasteiger partial charge in [0.25, 0.3) is 0 Å². The maximum absolute atomic E-state index is 11.2. The number of carbonyl (C=O) groups is 1. The summed E-state index contributed by atoms with van der Waals surface area (Å²) in [6, 6.07) is 0. The number of aliphatic hydroxyl groups is 1. The average molecular weight is 171 g/mol. The van der Waals surface area contributed by atoms with Gasteiger partial charge in [-0.2, -0.15) is 0 Å². The third kappa shape index (κ3) is 2.48. The molecule has 1 aliphatic rings. The van der Waals surface area contributed by atoms with Crippen LogP contribution in [0.3, 0.4) is 0 Å². The summed E-state index contributed by atoms with van der Waals surface area (Å²) < 4.78 is 0. The Hall–Kier alpha value is -0.570. The molecule has 0 radical (unpaired) electrons. The predicted molar refractivity (Wildman–Crippen MR) is 46.6 cm³/mol. The zero-order chi connectivity index (χ0) is 9.14. The topological polar surface area (TPSA) is 49.3 Å². The van der Waals surface area contributed by atoms with Crippen molar-refractivity contribution in [3.63, 3.8) is 0 Å². The van der Waals surface area contributed by atoms with Crippen LogP contribution in [-0.4, -0.2) is 23.7 Å². The summed E-state index contributed by atoms with van der Waals surface area (Å²) in [5.41, 5.74) is 0. The summed E-state index contributed by atoms with van der Waals surface area (Å²) in [5.74, 6) is 0.868. The maximum atomic E-state index is 11.2. The summed E-state index contributed by atoms with van der Waals surface area (Å²) >= 11 is 0. The van der Waals surface area contributed by atoms with Gasteiger partial charge in [0.05, 0.1) is 6.10 Å². The van der Waals surface area contributed by atoms with Gasteiger partial charge < -0.3 is 10.4 Å². The minimum atomic E-state index is -0.386. The van der Waals surface area contributed by atoms with Crippen molar-refractivity contribution in [2.24, 2.45) is 11.8 Å². The molecule has 0 spiro atoms. The second kappa shape index (κ2) is 3.90. The van der Waals surface area contributed by atoms with E-state index in [-0.39, 0.29) is 17.9 Å². The third-order valence-electron chi connectivity index (χ3n) is 2.43. The Bertz CT molecular complexity index is 170. The van der Waals surface area contributed by atoms with E-state index in [1.54, 1.807) is 0 Å². The van der Waals surface area contributed by atoms with Gasteiger partial charge in [0.2, 0.25) is 5.91 Å². The lowest BCUT2D eigenvalue weighted by Gasteiger charge is -2.08. The Morgan fingerprint density at radius 2 is 2.33 bits per heavy atom. The zero-order valence-corrected chi connectivity index (χ0v) is 7.71. The standard InChI is InChI=1S/C9H17NO2/c1-3-7(11)5-10-9(12)8-4-6(8)2/h6-8,11H,3-5H2,1-2H3,(H,10,12). The van der Waals surface area contributed by atoms with Crippen LogP contribution < -0.4 is 5.32 Å². The Morgan fingerprint density at radius 3 is 2.75 bits per heavy atom. The van der Waals surface area contributed by atoms with Gasteiger partial charge in [-0.25, -0.2) is 0 Å². The molecular formula is C9H17NO2. The lowest BCUT2D eigenvalue weighted by molar-refractivity contribution is -0.123. The fraction of sp³-hybridized carbons (Fsp3) is 0.889. The van der Waals surface area contributed by atoms with Crippen LogP contribution in [0.2, 0.25) is 0 Å². The number of rotatable bonds is 4. The second-order valence-corrected chi connectivity index (χ2v) is 3.63. The Balaban J connectivity index is 2.11. The van der Waals surface area contributed by atoms with E-state index in [1.165, 1.54) is 0 Å². The average Bonchev–Trinajstić information content (AvgIpc) is 2.77. The van der Waals surface area contributed by atoms with E-state index >= 15 is 0 Å². The molecule has 0 saturated heterocycles. The summed E-state index contributed by atoms with van der Waals surface area (Å²) in [7, 11) is 0. The van der Waals surface area contributed by atoms with Gasteiger partial charge in [-0.15, -0.1) is 0 Å². The van der Waals surface area contributed by atoms with Crippen molar-refractivity contribution < 1.29 is 9.90 Å². The van der Waals surface area contributed by atoms with Gasteiger partial charge in [-0.3, -0.25) is 4.79 Å². The molecule has 1 amide bonds. The molecule has 0 bridgehead atoms. The Morgan fingerprint density at radius 1 is 1.75 bits per heavy atom. The van der Waals surface area contributed by atoms with E-state index < -0.39 is 0 Å². The molecule has 3 unspecified atom stereocenters. The molecule has 3 atom stereocenters. The molecule has 0 heterocycles. The van der Waals surface area contributed by atoms with Crippen LogP contribution in [0.4, 0.5) is 0 Å². The van der Waals surface area contributed by atoms with Gasteiger partial charge in [0.1, 0.15) is 0 Å². The van der Waals surface area contributed by atoms with E-state index in [4.69, 9.17) is 5.11 Å². The molecule has 0 aromatic heterocycles. The molecular weight excluding hydrogens is 154 g/mol. The second-order valence-electron chi connectivity index (χ2n) is 3.63. The summed E-state index contributed by atoms with van der Waals surface area (Å²) in [5, 5.41) is 11.9. The lowest BCUT2D eigenvalue weighted by Crippen LogP contribution is -2.32. The molecule has 1 aliphatic carbocycles. The highest BCUT2D eigenvalue weighted by Gasteiger charge is 2.38. The molecule has 70 valence electrons. The maximum Gasteiger partial charge on any atom is 0.223 e. The van der Waals surface area contributed by atoms with Crippen LogP contribution in [0.25, 0.3) is 0 Å². The van der Waals surface area contributed by atoms with E-state index in [1.807, 2.05) is 6.92 Å². The molecule has 2 N–H and O–H groups in total. The van der Waals surface area contributed by atoms with E-state index in [0.717, 1.165) is 6.42 Å². The smallest absolute Gasteiger partial charge is 0.223 e. The number of nitrogens with one attached hydrogen (secondary N) is 1. The highest BCUT2D eigenvalue weighted by Crippen LogP contribution is 2.37. The van der Waals surface area contributed by atoms with E-state index in [2.05, 4.69) is 12.2 Å². The quantitative estimate of drug-likeness (QED) is 0.648. The largest absolute Gasteiger partial charge is 0.391 e. The molecule has 1 fully saturated rings. The van der Waals surface area contributed by atoms with Gasteiger partial charge in [-0.1, -0.05) is 13.8 Å². The summed E-state index contributed by atoms with van der Waals surface area (Å²) in [6.07, 6.45) is 1.32. The van der Waals surface area contributed by atoms with Crippen molar-refractivity contribution in [2.75, 3.05) is 6.54 Å². The predicted octanol–water partition coefficient (Wildman–Crippen LogP) is 0.529. The van der Waals surface area contributed by atoms with Crippen molar-refractivity contribution in [1.29, 1.82) is 0 Å². The lowest BCUT2D eigenvalue weighted by atomic mass is 10.2. The van der Waals surface area contributed by atoms with Gasteiger partial charge in [0, 0.05) is 12.5 Å². The van der Waals surface area contributed by atoms with Crippen molar-refractivity contribution in [3.05, 3.63) is 0 Å². The van der Waals surface area contributed by atoms with Crippen LogP contribution >= 0.6 is 0 Å².